The molecular formula is C26H22BrNO4. The number of carbonyl (C=O) groups is 2. The molecule has 2 aliphatic carbocycles. The summed E-state index contributed by atoms with van der Waals surface area (Å²) in [6.45, 7) is 0.150. The van der Waals surface area contributed by atoms with Gasteiger partial charge in [0.05, 0.1) is 0 Å². The third-order valence-electron chi connectivity index (χ3n) is 6.60. The highest BCUT2D eigenvalue weighted by Crippen LogP contribution is 2.44. The van der Waals surface area contributed by atoms with Crippen molar-refractivity contribution < 1.29 is 19.4 Å². The molecule has 5 rings (SSSR count). The summed E-state index contributed by atoms with van der Waals surface area (Å²) in [7, 11) is 0. The molecule has 1 amide bonds. The van der Waals surface area contributed by atoms with Crippen LogP contribution in [0.1, 0.15) is 34.6 Å². The van der Waals surface area contributed by atoms with E-state index in [2.05, 4.69) is 45.5 Å². The fourth-order valence-electron chi connectivity index (χ4n) is 4.97. The summed E-state index contributed by atoms with van der Waals surface area (Å²) >= 11 is 3.54. The van der Waals surface area contributed by atoms with Crippen molar-refractivity contribution >= 4 is 28.0 Å². The lowest BCUT2D eigenvalue weighted by molar-refractivity contribution is -0.145. The third kappa shape index (κ3) is 3.48. The molecule has 3 aromatic carbocycles. The molecule has 6 heteroatoms. The lowest BCUT2D eigenvalue weighted by Crippen LogP contribution is -2.58. The predicted molar refractivity (Wildman–Crippen MR) is 125 cm³/mol. The summed E-state index contributed by atoms with van der Waals surface area (Å²) in [5.41, 5.74) is 5.17. The Kier molecular flexibility index (Phi) is 5.25. The van der Waals surface area contributed by atoms with Crippen LogP contribution in [0.15, 0.2) is 71.2 Å². The minimum Gasteiger partial charge on any atom is -0.479 e. The van der Waals surface area contributed by atoms with E-state index in [1.807, 2.05) is 42.5 Å². The van der Waals surface area contributed by atoms with Gasteiger partial charge in [0, 0.05) is 16.8 Å². The van der Waals surface area contributed by atoms with Crippen LogP contribution in [0.4, 0.5) is 4.79 Å². The number of ether oxygens (including phenoxy) is 1. The van der Waals surface area contributed by atoms with Gasteiger partial charge in [-0.2, -0.15) is 0 Å². The molecule has 0 fully saturated rings. The first kappa shape index (κ1) is 20.8. The van der Waals surface area contributed by atoms with Crippen molar-refractivity contribution in [2.24, 2.45) is 0 Å². The minimum atomic E-state index is -1.38. The molecule has 0 heterocycles. The second-order valence-electron chi connectivity index (χ2n) is 8.39. The second kappa shape index (κ2) is 8.10. The monoisotopic (exact) mass is 491 g/mol. The minimum absolute atomic E-state index is 0.0723. The number of carbonyl (C=O) groups excluding carboxylic acids is 1. The molecule has 2 aliphatic rings. The van der Waals surface area contributed by atoms with Gasteiger partial charge in [-0.3, -0.25) is 0 Å². The first-order chi connectivity index (χ1) is 15.5. The van der Waals surface area contributed by atoms with E-state index in [1.54, 1.807) is 0 Å². The maximum absolute atomic E-state index is 12.8. The molecule has 3 aromatic rings. The highest BCUT2D eigenvalue weighted by Gasteiger charge is 2.44. The van der Waals surface area contributed by atoms with Crippen LogP contribution < -0.4 is 5.32 Å². The molecule has 0 unspecified atom stereocenters. The van der Waals surface area contributed by atoms with Gasteiger partial charge in [0.2, 0.25) is 0 Å². The molecule has 0 aliphatic heterocycles. The number of hydrogen-bond acceptors (Lipinski definition) is 3. The molecule has 0 saturated heterocycles. The number of rotatable bonds is 4. The topological polar surface area (TPSA) is 75.6 Å². The largest absolute Gasteiger partial charge is 0.479 e. The van der Waals surface area contributed by atoms with Crippen molar-refractivity contribution in [1.82, 2.24) is 5.32 Å². The molecule has 1 atom stereocenters. The zero-order chi connectivity index (χ0) is 22.3. The van der Waals surface area contributed by atoms with E-state index >= 15 is 0 Å². The zero-order valence-corrected chi connectivity index (χ0v) is 18.9. The second-order valence-corrected chi connectivity index (χ2v) is 9.25. The van der Waals surface area contributed by atoms with Crippen LogP contribution in [0.2, 0.25) is 0 Å². The van der Waals surface area contributed by atoms with Crippen molar-refractivity contribution in [2.75, 3.05) is 6.61 Å². The molecule has 5 nitrogen and oxygen atoms in total. The number of carboxylic acid groups (broad SMARTS) is 1. The summed E-state index contributed by atoms with van der Waals surface area (Å²) in [6.07, 6.45) is 0.392. The van der Waals surface area contributed by atoms with Crippen LogP contribution in [-0.2, 0) is 22.4 Å². The summed E-state index contributed by atoms with van der Waals surface area (Å²) in [5.74, 6) is -1.12. The Labute approximate surface area is 194 Å². The van der Waals surface area contributed by atoms with Gasteiger partial charge in [-0.1, -0.05) is 76.6 Å². The van der Waals surface area contributed by atoms with Crippen LogP contribution in [0.5, 0.6) is 0 Å². The van der Waals surface area contributed by atoms with E-state index in [1.165, 1.54) is 0 Å². The number of hydrogen-bond donors (Lipinski definition) is 2. The predicted octanol–water partition coefficient (Wildman–Crippen LogP) is 5.30. The van der Waals surface area contributed by atoms with Crippen LogP contribution in [0.3, 0.4) is 0 Å². The van der Waals surface area contributed by atoms with Gasteiger partial charge in [-0.15, -0.1) is 0 Å². The third-order valence-corrected chi connectivity index (χ3v) is 7.35. The van der Waals surface area contributed by atoms with E-state index in [9.17, 15) is 14.7 Å². The van der Waals surface area contributed by atoms with Crippen molar-refractivity contribution in [3.63, 3.8) is 0 Å². The fourth-order valence-corrected chi connectivity index (χ4v) is 5.58. The summed E-state index contributed by atoms with van der Waals surface area (Å²) in [4.78, 5) is 25.0. The van der Waals surface area contributed by atoms with Crippen LogP contribution in [-0.4, -0.2) is 29.3 Å². The molecular weight excluding hydrogens is 470 g/mol. The number of alkyl carbamates (subject to hydrolysis) is 1. The molecule has 0 spiro atoms. The lowest BCUT2D eigenvalue weighted by Gasteiger charge is -2.35. The summed E-state index contributed by atoms with van der Waals surface area (Å²) < 4.78 is 6.57. The van der Waals surface area contributed by atoms with Gasteiger partial charge in [0.15, 0.2) is 0 Å². The number of fused-ring (bicyclic) bond motifs is 4. The number of nitrogens with one attached hydrogen (secondary N) is 1. The number of aliphatic carboxylic acids is 1. The Morgan fingerprint density at radius 1 is 1.00 bits per heavy atom. The maximum Gasteiger partial charge on any atom is 0.408 e. The number of amides is 1. The molecule has 0 bridgehead atoms. The van der Waals surface area contributed by atoms with Gasteiger partial charge in [0.25, 0.3) is 0 Å². The highest BCUT2D eigenvalue weighted by molar-refractivity contribution is 9.10. The number of carboxylic acids is 1. The van der Waals surface area contributed by atoms with Crippen molar-refractivity contribution in [2.45, 2.75) is 30.7 Å². The lowest BCUT2D eigenvalue weighted by atomic mass is 9.78. The summed E-state index contributed by atoms with van der Waals surface area (Å²) in [5, 5.41) is 12.7. The van der Waals surface area contributed by atoms with Gasteiger partial charge >= 0.3 is 12.1 Å². The van der Waals surface area contributed by atoms with Crippen LogP contribution >= 0.6 is 15.9 Å². The Balaban J connectivity index is 1.33. The van der Waals surface area contributed by atoms with E-state index < -0.39 is 17.6 Å². The van der Waals surface area contributed by atoms with Crippen molar-refractivity contribution in [1.29, 1.82) is 0 Å². The molecule has 2 N–H and O–H groups in total. The first-order valence-electron chi connectivity index (χ1n) is 10.6. The zero-order valence-electron chi connectivity index (χ0n) is 17.3. The van der Waals surface area contributed by atoms with E-state index in [-0.39, 0.29) is 18.9 Å². The molecule has 0 radical (unpaired) electrons. The summed E-state index contributed by atoms with van der Waals surface area (Å²) in [6, 6.07) is 22.0. The fraction of sp³-hybridized carbons (Fsp3) is 0.231. The van der Waals surface area contributed by atoms with Gasteiger partial charge in [-0.05, 0) is 52.3 Å². The van der Waals surface area contributed by atoms with Gasteiger partial charge < -0.3 is 15.2 Å². The van der Waals surface area contributed by atoms with Crippen molar-refractivity contribution in [3.8, 4) is 11.1 Å². The molecule has 0 saturated carbocycles. The average molecular weight is 492 g/mol. The Morgan fingerprint density at radius 3 is 2.31 bits per heavy atom. The van der Waals surface area contributed by atoms with E-state index in [4.69, 9.17) is 4.74 Å². The van der Waals surface area contributed by atoms with Crippen molar-refractivity contribution in [3.05, 3.63) is 93.5 Å². The normalized spacial score (nSPS) is 18.9. The van der Waals surface area contributed by atoms with Gasteiger partial charge in [0.1, 0.15) is 12.1 Å². The van der Waals surface area contributed by atoms with E-state index in [0.717, 1.165) is 37.9 Å². The number of benzene rings is 3. The quantitative estimate of drug-likeness (QED) is 0.519. The molecule has 0 aromatic heterocycles. The Hall–Kier alpha value is -3.12. The molecule has 32 heavy (non-hydrogen) atoms. The highest BCUT2D eigenvalue weighted by atomic mass is 79.9. The molecule has 162 valence electrons. The Morgan fingerprint density at radius 2 is 1.66 bits per heavy atom. The first-order valence-corrected chi connectivity index (χ1v) is 11.4. The standard InChI is InChI=1S/C26H22BrNO4/c27-23-11-5-6-16-14-26(24(29)30,13-12-17(16)23)28-25(31)32-15-22-20-9-3-1-7-18(20)19-8-2-4-10-21(19)22/h1-11,22H,12-15H2,(H,28,31)(H,29,30)/t26-/m1/s1. The Bertz CT molecular complexity index is 1180. The average Bonchev–Trinajstić information content (AvgIpc) is 3.11. The van der Waals surface area contributed by atoms with E-state index in [0.29, 0.717) is 12.8 Å². The number of halogens is 1. The SMILES string of the molecule is O=C(N[C@]1(C(=O)O)CCc2c(Br)cccc2C1)OCC1c2ccccc2-c2ccccc21. The smallest absolute Gasteiger partial charge is 0.408 e. The maximum atomic E-state index is 12.8. The van der Waals surface area contributed by atoms with Crippen LogP contribution in [0.25, 0.3) is 11.1 Å². The van der Waals surface area contributed by atoms with Crippen LogP contribution in [0, 0.1) is 0 Å². The van der Waals surface area contributed by atoms with Gasteiger partial charge in [-0.25, -0.2) is 9.59 Å².